The van der Waals surface area contributed by atoms with E-state index in [-0.39, 0.29) is 0 Å². The van der Waals surface area contributed by atoms with Gasteiger partial charge in [0, 0.05) is 26.3 Å². The van der Waals surface area contributed by atoms with Gasteiger partial charge in [-0.1, -0.05) is 26.7 Å². The summed E-state index contributed by atoms with van der Waals surface area (Å²) in [5.41, 5.74) is 0.497. The van der Waals surface area contributed by atoms with Gasteiger partial charge >= 0.3 is 0 Å². The molecule has 0 aromatic heterocycles. The second-order valence-electron chi connectivity index (χ2n) is 5.60. The van der Waals surface area contributed by atoms with Gasteiger partial charge in [0.2, 0.25) is 0 Å². The zero-order valence-electron chi connectivity index (χ0n) is 11.8. The molecule has 0 saturated heterocycles. The molecule has 0 aromatic rings. The van der Waals surface area contributed by atoms with Crippen LogP contribution in [0.15, 0.2) is 0 Å². The number of nitrogens with one attached hydrogen (secondary N) is 1. The van der Waals surface area contributed by atoms with Crippen LogP contribution in [0.4, 0.5) is 0 Å². The molecule has 1 rings (SSSR count). The van der Waals surface area contributed by atoms with Crippen LogP contribution in [0, 0.1) is 5.41 Å². The normalized spacial score (nSPS) is 19.1. The molecule has 0 radical (unpaired) electrons. The lowest BCUT2D eigenvalue weighted by Gasteiger charge is -2.30. The van der Waals surface area contributed by atoms with Crippen LogP contribution in [0.5, 0.6) is 0 Å². The number of hydrogen-bond acceptors (Lipinski definition) is 3. The monoisotopic (exact) mass is 243 g/mol. The van der Waals surface area contributed by atoms with Crippen LogP contribution in [0.1, 0.15) is 46.0 Å². The van der Waals surface area contributed by atoms with Crippen LogP contribution in [-0.2, 0) is 9.47 Å². The minimum atomic E-state index is 0.497. The van der Waals surface area contributed by atoms with Gasteiger partial charge in [0.25, 0.3) is 0 Å². The van der Waals surface area contributed by atoms with Crippen molar-refractivity contribution in [2.75, 3.05) is 33.5 Å². The Morgan fingerprint density at radius 2 is 1.82 bits per heavy atom. The Morgan fingerprint density at radius 3 is 2.41 bits per heavy atom. The highest BCUT2D eigenvalue weighted by atomic mass is 16.5. The molecular weight excluding hydrogens is 214 g/mol. The van der Waals surface area contributed by atoms with E-state index in [0.29, 0.717) is 18.1 Å². The maximum Gasteiger partial charge on any atom is 0.0700 e. The first kappa shape index (κ1) is 14.9. The smallest absolute Gasteiger partial charge is 0.0700 e. The first-order chi connectivity index (χ1) is 8.18. The Morgan fingerprint density at radius 1 is 1.12 bits per heavy atom. The van der Waals surface area contributed by atoms with Gasteiger partial charge in [-0.15, -0.1) is 0 Å². The minimum absolute atomic E-state index is 0.497. The fourth-order valence-corrected chi connectivity index (χ4v) is 2.59. The molecule has 0 atom stereocenters. The number of methoxy groups -OCH3 is 1. The van der Waals surface area contributed by atoms with Crippen molar-refractivity contribution >= 4 is 0 Å². The second-order valence-corrected chi connectivity index (χ2v) is 5.60. The zero-order chi connectivity index (χ0) is 12.6. The van der Waals surface area contributed by atoms with Gasteiger partial charge in [-0.25, -0.2) is 0 Å². The van der Waals surface area contributed by atoms with Gasteiger partial charge < -0.3 is 14.8 Å². The maximum absolute atomic E-state index is 5.62. The highest BCUT2D eigenvalue weighted by Crippen LogP contribution is 2.40. The largest absolute Gasteiger partial charge is 0.382 e. The Hall–Kier alpha value is -0.120. The molecule has 1 saturated carbocycles. The lowest BCUT2D eigenvalue weighted by atomic mass is 9.82. The standard InChI is InChI=1S/C14H29NO2/c1-13(2)15-12-14(6-4-5-7-14)8-9-17-11-10-16-3/h13,15H,4-12H2,1-3H3. The molecule has 0 spiro atoms. The molecule has 0 amide bonds. The molecular formula is C14H29NO2. The van der Waals surface area contributed by atoms with Crippen LogP contribution in [0.2, 0.25) is 0 Å². The fraction of sp³-hybridized carbons (Fsp3) is 1.00. The van der Waals surface area contributed by atoms with Crippen LogP contribution in [-0.4, -0.2) is 39.5 Å². The Labute approximate surface area is 106 Å². The van der Waals surface area contributed by atoms with Gasteiger partial charge in [-0.2, -0.15) is 0 Å². The fourth-order valence-electron chi connectivity index (χ4n) is 2.59. The van der Waals surface area contributed by atoms with Gasteiger partial charge in [0.1, 0.15) is 0 Å². The summed E-state index contributed by atoms with van der Waals surface area (Å²) in [4.78, 5) is 0. The molecule has 102 valence electrons. The van der Waals surface area contributed by atoms with Crippen molar-refractivity contribution in [2.24, 2.45) is 5.41 Å². The van der Waals surface area contributed by atoms with Crippen LogP contribution in [0.3, 0.4) is 0 Å². The molecule has 0 heterocycles. The number of rotatable bonds is 9. The van der Waals surface area contributed by atoms with Gasteiger partial charge in [0.05, 0.1) is 13.2 Å². The van der Waals surface area contributed by atoms with E-state index >= 15 is 0 Å². The summed E-state index contributed by atoms with van der Waals surface area (Å²) in [5.74, 6) is 0. The molecule has 1 aliphatic carbocycles. The predicted molar refractivity (Wildman–Crippen MR) is 71.4 cm³/mol. The quantitative estimate of drug-likeness (QED) is 0.631. The van der Waals surface area contributed by atoms with Crippen molar-refractivity contribution in [3.05, 3.63) is 0 Å². The van der Waals surface area contributed by atoms with Crippen LogP contribution < -0.4 is 5.32 Å². The highest BCUT2D eigenvalue weighted by Gasteiger charge is 2.33. The average Bonchev–Trinajstić information content (AvgIpc) is 2.76. The van der Waals surface area contributed by atoms with E-state index in [0.717, 1.165) is 19.8 Å². The van der Waals surface area contributed by atoms with E-state index in [1.54, 1.807) is 7.11 Å². The summed E-state index contributed by atoms with van der Waals surface area (Å²) in [6.07, 6.45) is 6.69. The van der Waals surface area contributed by atoms with E-state index in [1.807, 2.05) is 0 Å². The summed E-state index contributed by atoms with van der Waals surface area (Å²) in [5, 5.41) is 3.60. The molecule has 0 unspecified atom stereocenters. The van der Waals surface area contributed by atoms with Crippen molar-refractivity contribution in [2.45, 2.75) is 52.0 Å². The summed E-state index contributed by atoms with van der Waals surface area (Å²) >= 11 is 0. The third kappa shape index (κ3) is 5.84. The van der Waals surface area contributed by atoms with E-state index in [4.69, 9.17) is 9.47 Å². The number of ether oxygens (including phenoxy) is 2. The molecule has 0 aromatic carbocycles. The van der Waals surface area contributed by atoms with E-state index < -0.39 is 0 Å². The van der Waals surface area contributed by atoms with Crippen LogP contribution >= 0.6 is 0 Å². The van der Waals surface area contributed by atoms with Crippen LogP contribution in [0.25, 0.3) is 0 Å². The zero-order valence-corrected chi connectivity index (χ0v) is 11.8. The predicted octanol–water partition coefficient (Wildman–Crippen LogP) is 2.60. The molecule has 0 bridgehead atoms. The molecule has 0 aliphatic heterocycles. The molecule has 1 fully saturated rings. The lowest BCUT2D eigenvalue weighted by molar-refractivity contribution is 0.0511. The Kier molecular flexibility index (Phi) is 7.09. The Bertz CT molecular complexity index is 189. The molecule has 3 heteroatoms. The lowest BCUT2D eigenvalue weighted by Crippen LogP contribution is -2.36. The summed E-state index contributed by atoms with van der Waals surface area (Å²) in [7, 11) is 1.72. The van der Waals surface area contributed by atoms with Crippen molar-refractivity contribution < 1.29 is 9.47 Å². The summed E-state index contributed by atoms with van der Waals surface area (Å²) in [6.45, 7) is 7.90. The molecule has 17 heavy (non-hydrogen) atoms. The minimum Gasteiger partial charge on any atom is -0.382 e. The van der Waals surface area contributed by atoms with E-state index in [2.05, 4.69) is 19.2 Å². The first-order valence-electron chi connectivity index (χ1n) is 6.99. The van der Waals surface area contributed by atoms with E-state index in [1.165, 1.54) is 32.1 Å². The second kappa shape index (κ2) is 8.06. The maximum atomic E-state index is 5.62. The van der Waals surface area contributed by atoms with Gasteiger partial charge in [0.15, 0.2) is 0 Å². The molecule has 1 N–H and O–H groups in total. The van der Waals surface area contributed by atoms with Crippen molar-refractivity contribution in [3.63, 3.8) is 0 Å². The number of hydrogen-bond donors (Lipinski definition) is 1. The Balaban J connectivity index is 2.22. The third-order valence-electron chi connectivity index (χ3n) is 3.76. The summed E-state index contributed by atoms with van der Waals surface area (Å²) < 4.78 is 10.6. The summed E-state index contributed by atoms with van der Waals surface area (Å²) in [6, 6.07) is 0.585. The van der Waals surface area contributed by atoms with Gasteiger partial charge in [-0.3, -0.25) is 0 Å². The third-order valence-corrected chi connectivity index (χ3v) is 3.76. The van der Waals surface area contributed by atoms with Crippen molar-refractivity contribution in [1.82, 2.24) is 5.32 Å². The topological polar surface area (TPSA) is 30.5 Å². The SMILES string of the molecule is COCCOCCC1(CNC(C)C)CCCC1. The van der Waals surface area contributed by atoms with E-state index in [9.17, 15) is 0 Å². The van der Waals surface area contributed by atoms with Crippen molar-refractivity contribution in [3.8, 4) is 0 Å². The highest BCUT2D eigenvalue weighted by molar-refractivity contribution is 4.87. The first-order valence-corrected chi connectivity index (χ1v) is 6.99. The molecule has 1 aliphatic rings. The molecule has 3 nitrogen and oxygen atoms in total. The van der Waals surface area contributed by atoms with Gasteiger partial charge in [-0.05, 0) is 24.7 Å². The van der Waals surface area contributed by atoms with Crippen molar-refractivity contribution in [1.29, 1.82) is 0 Å². The average molecular weight is 243 g/mol.